The van der Waals surface area contributed by atoms with Gasteiger partial charge in [-0.15, -0.1) is 10.2 Å². The largest absolute Gasteiger partial charge is 0.469 e. The second kappa shape index (κ2) is 9.41. The Bertz CT molecular complexity index is 607. The summed E-state index contributed by atoms with van der Waals surface area (Å²) in [4.78, 5) is 23.7. The van der Waals surface area contributed by atoms with Crippen molar-refractivity contribution in [3.63, 3.8) is 0 Å². The number of nitrogens with one attached hydrogen (secondary N) is 2. The van der Waals surface area contributed by atoms with E-state index >= 15 is 0 Å². The maximum atomic E-state index is 12.5. The number of amides is 1. The summed E-state index contributed by atoms with van der Waals surface area (Å²) in [5.74, 6) is 0.748. The van der Waals surface area contributed by atoms with Gasteiger partial charge in [0.25, 0.3) is 5.91 Å². The number of hydrogen-bond donors (Lipinski definition) is 2. The normalized spacial score (nSPS) is 24.2. The molecular weight excluding hydrogens is 352 g/mol. The van der Waals surface area contributed by atoms with Gasteiger partial charge in [-0.2, -0.15) is 0 Å². The average molecular weight is 381 g/mol. The van der Waals surface area contributed by atoms with Gasteiger partial charge in [-0.05, 0) is 64.0 Å². The summed E-state index contributed by atoms with van der Waals surface area (Å²) >= 11 is 1.44. The smallest absolute Gasteiger partial charge is 0.305 e. The van der Waals surface area contributed by atoms with Crippen LogP contribution in [0.25, 0.3) is 0 Å². The molecule has 1 saturated heterocycles. The fourth-order valence-corrected chi connectivity index (χ4v) is 4.74. The number of carbonyl (C=O) groups excluding carboxylic acids is 2. The van der Waals surface area contributed by atoms with Crippen molar-refractivity contribution >= 4 is 23.2 Å². The third-order valence-corrected chi connectivity index (χ3v) is 6.57. The number of hydrogen-bond acceptors (Lipinski definition) is 7. The number of rotatable bonds is 6. The molecule has 0 aromatic carbocycles. The van der Waals surface area contributed by atoms with Crippen LogP contribution in [-0.2, 0) is 9.53 Å². The molecule has 3 rings (SSSR count). The van der Waals surface area contributed by atoms with E-state index in [9.17, 15) is 9.59 Å². The van der Waals surface area contributed by atoms with Gasteiger partial charge in [-0.3, -0.25) is 9.59 Å². The van der Waals surface area contributed by atoms with Crippen molar-refractivity contribution in [1.82, 2.24) is 20.8 Å². The highest BCUT2D eigenvalue weighted by Crippen LogP contribution is 2.29. The molecular formula is C18H28N4O3S. The van der Waals surface area contributed by atoms with E-state index in [0.717, 1.165) is 63.0 Å². The molecule has 1 aliphatic carbocycles. The summed E-state index contributed by atoms with van der Waals surface area (Å²) in [6, 6.07) is 0.197. The monoisotopic (exact) mass is 380 g/mol. The third-order valence-electron chi connectivity index (χ3n) is 5.49. The summed E-state index contributed by atoms with van der Waals surface area (Å²) in [7, 11) is 1.43. The molecule has 2 N–H and O–H groups in total. The number of methoxy groups -OCH3 is 1. The number of nitrogens with zero attached hydrogens (tertiary/aromatic N) is 2. The van der Waals surface area contributed by atoms with Gasteiger partial charge in [-0.25, -0.2) is 0 Å². The number of esters is 1. The van der Waals surface area contributed by atoms with Gasteiger partial charge in [-0.1, -0.05) is 11.3 Å². The zero-order valence-corrected chi connectivity index (χ0v) is 16.1. The lowest BCUT2D eigenvalue weighted by molar-refractivity contribution is -0.141. The van der Waals surface area contributed by atoms with Crippen molar-refractivity contribution in [2.75, 3.05) is 20.2 Å². The van der Waals surface area contributed by atoms with Crippen LogP contribution in [0.15, 0.2) is 0 Å². The van der Waals surface area contributed by atoms with Gasteiger partial charge in [0, 0.05) is 18.4 Å². The van der Waals surface area contributed by atoms with Crippen molar-refractivity contribution in [2.24, 2.45) is 5.92 Å². The van der Waals surface area contributed by atoms with Gasteiger partial charge >= 0.3 is 5.97 Å². The molecule has 0 unspecified atom stereocenters. The maximum Gasteiger partial charge on any atom is 0.305 e. The number of carbonyl (C=O) groups is 2. The van der Waals surface area contributed by atoms with E-state index in [1.165, 1.54) is 18.4 Å². The van der Waals surface area contributed by atoms with Crippen molar-refractivity contribution in [1.29, 1.82) is 0 Å². The van der Waals surface area contributed by atoms with Crippen LogP contribution in [-0.4, -0.2) is 48.3 Å². The first kappa shape index (κ1) is 19.2. The lowest BCUT2D eigenvalue weighted by atomic mass is 9.83. The highest BCUT2D eigenvalue weighted by Gasteiger charge is 2.26. The van der Waals surface area contributed by atoms with Gasteiger partial charge < -0.3 is 15.4 Å². The molecule has 26 heavy (non-hydrogen) atoms. The molecule has 2 heterocycles. The third kappa shape index (κ3) is 5.23. The lowest BCUT2D eigenvalue weighted by Gasteiger charge is -2.28. The Labute approximate surface area is 158 Å². The van der Waals surface area contributed by atoms with Crippen LogP contribution in [0.3, 0.4) is 0 Å². The minimum atomic E-state index is -0.138. The molecule has 1 aromatic rings. The van der Waals surface area contributed by atoms with Crippen LogP contribution in [0.4, 0.5) is 0 Å². The van der Waals surface area contributed by atoms with Crippen LogP contribution in [0.5, 0.6) is 0 Å². The SMILES string of the molecule is COC(=O)CCC1CCC(NC(=O)c2nnc(C3CCNCC3)s2)CC1. The Morgan fingerprint density at radius 3 is 2.58 bits per heavy atom. The Morgan fingerprint density at radius 2 is 1.88 bits per heavy atom. The Balaban J connectivity index is 1.43. The first-order chi connectivity index (χ1) is 12.7. The quantitative estimate of drug-likeness (QED) is 0.735. The van der Waals surface area contributed by atoms with Crippen LogP contribution >= 0.6 is 11.3 Å². The maximum absolute atomic E-state index is 12.5. The van der Waals surface area contributed by atoms with Gasteiger partial charge in [0.15, 0.2) is 0 Å². The predicted molar refractivity (Wildman–Crippen MR) is 99.2 cm³/mol. The first-order valence-corrected chi connectivity index (χ1v) is 10.4. The summed E-state index contributed by atoms with van der Waals surface area (Å²) in [5, 5.41) is 16.3. The Kier molecular flexibility index (Phi) is 6.96. The van der Waals surface area contributed by atoms with E-state index < -0.39 is 0 Å². The second-order valence-electron chi connectivity index (χ2n) is 7.28. The van der Waals surface area contributed by atoms with Crippen LogP contribution in [0.1, 0.15) is 72.1 Å². The topological polar surface area (TPSA) is 93.2 Å². The molecule has 1 aliphatic heterocycles. The van der Waals surface area contributed by atoms with Crippen molar-refractivity contribution in [3.8, 4) is 0 Å². The molecule has 144 valence electrons. The Morgan fingerprint density at radius 1 is 1.15 bits per heavy atom. The number of ether oxygens (including phenoxy) is 1. The van der Waals surface area contributed by atoms with Crippen molar-refractivity contribution < 1.29 is 14.3 Å². The van der Waals surface area contributed by atoms with Gasteiger partial charge in [0.05, 0.1) is 7.11 Å². The van der Waals surface area contributed by atoms with Crippen LogP contribution in [0, 0.1) is 5.92 Å². The molecule has 0 atom stereocenters. The van der Waals surface area contributed by atoms with E-state index in [-0.39, 0.29) is 17.9 Å². The highest BCUT2D eigenvalue weighted by atomic mass is 32.1. The fraction of sp³-hybridized carbons (Fsp3) is 0.778. The van der Waals surface area contributed by atoms with Crippen molar-refractivity contribution in [2.45, 2.75) is 63.3 Å². The van der Waals surface area contributed by atoms with Crippen molar-refractivity contribution in [3.05, 3.63) is 10.0 Å². The van der Waals surface area contributed by atoms with E-state index in [4.69, 9.17) is 4.74 Å². The second-order valence-corrected chi connectivity index (χ2v) is 8.28. The zero-order chi connectivity index (χ0) is 18.4. The van der Waals surface area contributed by atoms with E-state index in [1.54, 1.807) is 0 Å². The number of aromatic nitrogens is 2. The standard InChI is InChI=1S/C18H28N4O3S/c1-25-15(23)7-4-12-2-5-14(6-3-12)20-16(24)18-22-21-17(26-18)13-8-10-19-11-9-13/h12-14,19H,2-11H2,1H3,(H,20,24). The zero-order valence-electron chi connectivity index (χ0n) is 15.3. The van der Waals surface area contributed by atoms with Crippen LogP contribution in [0.2, 0.25) is 0 Å². The molecule has 0 spiro atoms. The lowest BCUT2D eigenvalue weighted by Crippen LogP contribution is -2.37. The molecule has 1 amide bonds. The van der Waals surface area contributed by atoms with E-state index in [1.807, 2.05) is 0 Å². The van der Waals surface area contributed by atoms with Gasteiger partial charge in [0.2, 0.25) is 5.01 Å². The summed E-state index contributed by atoms with van der Waals surface area (Å²) in [5.41, 5.74) is 0. The highest BCUT2D eigenvalue weighted by molar-refractivity contribution is 7.13. The molecule has 0 bridgehead atoms. The van der Waals surface area contributed by atoms with Crippen LogP contribution < -0.4 is 10.6 Å². The first-order valence-electron chi connectivity index (χ1n) is 9.57. The molecule has 7 nitrogen and oxygen atoms in total. The van der Waals surface area contributed by atoms with E-state index in [0.29, 0.717) is 23.3 Å². The number of piperidine rings is 1. The molecule has 2 fully saturated rings. The van der Waals surface area contributed by atoms with Gasteiger partial charge in [0.1, 0.15) is 5.01 Å². The summed E-state index contributed by atoms with van der Waals surface area (Å²) in [6.07, 6.45) is 7.48. The molecule has 1 aromatic heterocycles. The molecule has 1 saturated carbocycles. The molecule has 2 aliphatic rings. The minimum absolute atomic E-state index is 0.0966. The van der Waals surface area contributed by atoms with E-state index in [2.05, 4.69) is 20.8 Å². The average Bonchev–Trinajstić information content (AvgIpc) is 3.18. The molecule has 8 heteroatoms. The predicted octanol–water partition coefficient (Wildman–Crippen LogP) is 2.25. The summed E-state index contributed by atoms with van der Waals surface area (Å²) in [6.45, 7) is 2.01. The fourth-order valence-electron chi connectivity index (χ4n) is 3.83. The summed E-state index contributed by atoms with van der Waals surface area (Å²) < 4.78 is 4.70. The molecule has 0 radical (unpaired) electrons. The minimum Gasteiger partial charge on any atom is -0.469 e. The Hall–Kier alpha value is -1.54.